The number of rotatable bonds is 5. The number of benzene rings is 2. The fourth-order valence-electron chi connectivity index (χ4n) is 3.02. The van der Waals surface area contributed by atoms with Gasteiger partial charge in [-0.05, 0) is 30.3 Å². The van der Waals surface area contributed by atoms with Gasteiger partial charge in [-0.15, -0.1) is 0 Å². The first kappa shape index (κ1) is 16.7. The fourth-order valence-corrected chi connectivity index (χ4v) is 3.02. The fraction of sp³-hybridized carbons (Fsp3) is 0.211. The van der Waals surface area contributed by atoms with E-state index in [1.807, 2.05) is 37.5 Å². The summed E-state index contributed by atoms with van der Waals surface area (Å²) in [7, 11) is 6.74. The Morgan fingerprint density at radius 3 is 2.36 bits per heavy atom. The zero-order valence-electron chi connectivity index (χ0n) is 14.7. The van der Waals surface area contributed by atoms with Crippen LogP contribution in [0.15, 0.2) is 47.7 Å². The molecule has 1 heterocycles. The molecule has 0 saturated carbocycles. The van der Waals surface area contributed by atoms with Gasteiger partial charge >= 0.3 is 0 Å². The van der Waals surface area contributed by atoms with Gasteiger partial charge in [-0.3, -0.25) is 0 Å². The number of nitrogens with two attached hydrogens (primary N) is 1. The Labute approximate surface area is 146 Å². The van der Waals surface area contributed by atoms with Crippen molar-refractivity contribution < 1.29 is 14.2 Å². The van der Waals surface area contributed by atoms with Gasteiger partial charge in [0.2, 0.25) is 5.75 Å². The molecule has 130 valence electrons. The van der Waals surface area contributed by atoms with Crippen LogP contribution in [0.3, 0.4) is 0 Å². The SMILES string of the molecule is COc1ccc(/C(=N\N)c2ccc3c(ccn3C)c2)c(OC)c1OC. The van der Waals surface area contributed by atoms with Crippen LogP contribution in [0.4, 0.5) is 0 Å². The lowest BCUT2D eigenvalue weighted by molar-refractivity contribution is 0.324. The molecule has 0 aliphatic rings. The Bertz CT molecular complexity index is 944. The molecule has 2 N–H and O–H groups in total. The van der Waals surface area contributed by atoms with E-state index in [4.69, 9.17) is 20.1 Å². The normalized spacial score (nSPS) is 11.6. The minimum atomic E-state index is 0.504. The molecule has 0 amide bonds. The van der Waals surface area contributed by atoms with E-state index in [-0.39, 0.29) is 0 Å². The van der Waals surface area contributed by atoms with Crippen LogP contribution in [-0.4, -0.2) is 31.6 Å². The van der Waals surface area contributed by atoms with Gasteiger partial charge in [0, 0.05) is 35.3 Å². The number of aromatic nitrogens is 1. The molecule has 3 rings (SSSR count). The number of methoxy groups -OCH3 is 3. The maximum absolute atomic E-state index is 5.73. The standard InChI is InChI=1S/C19H21N3O3/c1-22-10-9-12-11-13(5-7-15(12)22)17(21-20)14-6-8-16(23-2)19(25-4)18(14)24-3/h5-11H,20H2,1-4H3/b21-17-. The highest BCUT2D eigenvalue weighted by atomic mass is 16.5. The number of hydrogen-bond acceptors (Lipinski definition) is 5. The molecular weight excluding hydrogens is 318 g/mol. The summed E-state index contributed by atoms with van der Waals surface area (Å²) in [5.41, 5.74) is 3.38. The lowest BCUT2D eigenvalue weighted by Gasteiger charge is -2.16. The summed E-state index contributed by atoms with van der Waals surface area (Å²) >= 11 is 0. The van der Waals surface area contributed by atoms with Crippen molar-refractivity contribution in [2.24, 2.45) is 18.0 Å². The van der Waals surface area contributed by atoms with Crippen molar-refractivity contribution in [1.29, 1.82) is 0 Å². The zero-order valence-corrected chi connectivity index (χ0v) is 14.7. The molecule has 0 spiro atoms. The quantitative estimate of drug-likeness (QED) is 0.441. The summed E-state index contributed by atoms with van der Waals surface area (Å²) in [6.45, 7) is 0. The molecular formula is C19H21N3O3. The van der Waals surface area contributed by atoms with Crippen molar-refractivity contribution in [3.63, 3.8) is 0 Å². The summed E-state index contributed by atoms with van der Waals surface area (Å²) < 4.78 is 18.4. The van der Waals surface area contributed by atoms with Crippen LogP contribution in [0.2, 0.25) is 0 Å². The van der Waals surface area contributed by atoms with Crippen molar-refractivity contribution in [2.75, 3.05) is 21.3 Å². The van der Waals surface area contributed by atoms with Crippen LogP contribution in [0, 0.1) is 0 Å². The summed E-state index contributed by atoms with van der Waals surface area (Å²) in [5, 5.41) is 5.13. The first-order chi connectivity index (χ1) is 12.1. The molecule has 6 heteroatoms. The second-order valence-corrected chi connectivity index (χ2v) is 5.56. The molecule has 0 fully saturated rings. The third-order valence-corrected chi connectivity index (χ3v) is 4.25. The maximum Gasteiger partial charge on any atom is 0.203 e. The van der Waals surface area contributed by atoms with Crippen LogP contribution in [-0.2, 0) is 7.05 Å². The third kappa shape index (κ3) is 2.76. The molecule has 1 aromatic heterocycles. The molecule has 0 saturated heterocycles. The van der Waals surface area contributed by atoms with Gasteiger partial charge in [0.15, 0.2) is 11.5 Å². The van der Waals surface area contributed by atoms with E-state index < -0.39 is 0 Å². The van der Waals surface area contributed by atoms with Crippen LogP contribution < -0.4 is 20.1 Å². The largest absolute Gasteiger partial charge is 0.493 e. The maximum atomic E-state index is 5.73. The van der Waals surface area contributed by atoms with E-state index in [0.717, 1.165) is 22.0 Å². The van der Waals surface area contributed by atoms with E-state index >= 15 is 0 Å². The Morgan fingerprint density at radius 1 is 0.960 bits per heavy atom. The summed E-state index contributed by atoms with van der Waals surface area (Å²) in [5.74, 6) is 7.34. The lowest BCUT2D eigenvalue weighted by Crippen LogP contribution is -2.09. The highest BCUT2D eigenvalue weighted by molar-refractivity contribution is 6.16. The second-order valence-electron chi connectivity index (χ2n) is 5.56. The zero-order chi connectivity index (χ0) is 18.0. The number of fused-ring (bicyclic) bond motifs is 1. The van der Waals surface area contributed by atoms with Crippen LogP contribution >= 0.6 is 0 Å². The van der Waals surface area contributed by atoms with Gasteiger partial charge in [-0.2, -0.15) is 5.10 Å². The minimum absolute atomic E-state index is 0.504. The van der Waals surface area contributed by atoms with Crippen molar-refractivity contribution >= 4 is 16.6 Å². The van der Waals surface area contributed by atoms with E-state index in [1.165, 1.54) is 0 Å². The molecule has 6 nitrogen and oxygen atoms in total. The van der Waals surface area contributed by atoms with Crippen molar-refractivity contribution in [3.8, 4) is 17.2 Å². The lowest BCUT2D eigenvalue weighted by atomic mass is 9.99. The van der Waals surface area contributed by atoms with Crippen molar-refractivity contribution in [2.45, 2.75) is 0 Å². The number of aryl methyl sites for hydroxylation is 1. The van der Waals surface area contributed by atoms with Crippen LogP contribution in [0.1, 0.15) is 11.1 Å². The monoisotopic (exact) mass is 339 g/mol. The van der Waals surface area contributed by atoms with E-state index in [9.17, 15) is 0 Å². The average molecular weight is 339 g/mol. The second kappa shape index (κ2) is 6.76. The first-order valence-electron chi connectivity index (χ1n) is 7.77. The summed E-state index contributed by atoms with van der Waals surface area (Å²) in [6, 6.07) is 11.8. The van der Waals surface area contributed by atoms with Gasteiger partial charge in [-0.25, -0.2) is 0 Å². The van der Waals surface area contributed by atoms with Crippen LogP contribution in [0.25, 0.3) is 10.9 Å². The third-order valence-electron chi connectivity index (χ3n) is 4.25. The number of hydrogen-bond donors (Lipinski definition) is 1. The highest BCUT2D eigenvalue weighted by Gasteiger charge is 2.20. The van der Waals surface area contributed by atoms with Gasteiger partial charge in [-0.1, -0.05) is 6.07 Å². The molecule has 2 aromatic carbocycles. The molecule has 25 heavy (non-hydrogen) atoms. The highest BCUT2D eigenvalue weighted by Crippen LogP contribution is 2.40. The predicted molar refractivity (Wildman–Crippen MR) is 98.8 cm³/mol. The Balaban J connectivity index is 2.17. The number of hydrazone groups is 1. The smallest absolute Gasteiger partial charge is 0.203 e. The van der Waals surface area contributed by atoms with Crippen LogP contribution in [0.5, 0.6) is 17.2 Å². The first-order valence-corrected chi connectivity index (χ1v) is 7.77. The Hall–Kier alpha value is -3.15. The molecule has 0 aliphatic heterocycles. The number of ether oxygens (including phenoxy) is 3. The minimum Gasteiger partial charge on any atom is -0.493 e. The molecule has 0 bridgehead atoms. The molecule has 3 aromatic rings. The molecule has 0 unspecified atom stereocenters. The van der Waals surface area contributed by atoms with Crippen molar-refractivity contribution in [1.82, 2.24) is 4.57 Å². The summed E-state index contributed by atoms with van der Waals surface area (Å²) in [4.78, 5) is 0. The topological polar surface area (TPSA) is 71.0 Å². The van der Waals surface area contributed by atoms with E-state index in [1.54, 1.807) is 21.3 Å². The average Bonchev–Trinajstić information content (AvgIpc) is 3.02. The predicted octanol–water partition coefficient (Wildman–Crippen LogP) is 2.92. The van der Waals surface area contributed by atoms with E-state index in [2.05, 4.69) is 21.8 Å². The molecule has 0 atom stereocenters. The Morgan fingerprint density at radius 2 is 1.72 bits per heavy atom. The van der Waals surface area contributed by atoms with Gasteiger partial charge in [0.05, 0.1) is 21.3 Å². The Kier molecular flexibility index (Phi) is 4.52. The molecule has 0 radical (unpaired) electrons. The van der Waals surface area contributed by atoms with E-state index in [0.29, 0.717) is 23.0 Å². The molecule has 0 aliphatic carbocycles. The van der Waals surface area contributed by atoms with Gasteiger partial charge in [0.1, 0.15) is 5.71 Å². The number of nitrogens with zero attached hydrogens (tertiary/aromatic N) is 2. The van der Waals surface area contributed by atoms with Crippen molar-refractivity contribution in [3.05, 3.63) is 53.7 Å². The van der Waals surface area contributed by atoms with Gasteiger partial charge < -0.3 is 24.6 Å². The van der Waals surface area contributed by atoms with Gasteiger partial charge in [0.25, 0.3) is 0 Å². The summed E-state index contributed by atoms with van der Waals surface area (Å²) in [6.07, 6.45) is 2.02.